The minimum absolute atomic E-state index is 0.00820. The molecule has 1 fully saturated rings. The van der Waals surface area contributed by atoms with E-state index in [0.29, 0.717) is 18.7 Å². The van der Waals surface area contributed by atoms with Crippen molar-refractivity contribution in [2.75, 3.05) is 25.4 Å². The Kier molecular flexibility index (Phi) is 6.68. The average molecular weight is 385 g/mol. The summed E-state index contributed by atoms with van der Waals surface area (Å²) in [4.78, 5) is 22.0. The molecule has 1 aliphatic heterocycles. The summed E-state index contributed by atoms with van der Waals surface area (Å²) in [6.07, 6.45) is -0.292. The van der Waals surface area contributed by atoms with Gasteiger partial charge in [-0.05, 0) is 19.4 Å². The molecule has 0 bridgehead atoms. The van der Waals surface area contributed by atoms with Crippen molar-refractivity contribution in [1.82, 2.24) is 9.62 Å². The van der Waals surface area contributed by atoms with Crippen molar-refractivity contribution in [3.63, 3.8) is 0 Å². The van der Waals surface area contributed by atoms with Crippen LogP contribution < -0.4 is 5.32 Å². The monoisotopic (exact) mass is 385 g/mol. The summed E-state index contributed by atoms with van der Waals surface area (Å²) < 4.78 is 31.7. The lowest BCUT2D eigenvalue weighted by Gasteiger charge is -2.34. The third-order valence-electron chi connectivity index (χ3n) is 3.97. The number of rotatable bonds is 7. The van der Waals surface area contributed by atoms with Crippen LogP contribution in [0.1, 0.15) is 19.4 Å². The minimum atomic E-state index is -3.47. The first-order chi connectivity index (χ1) is 12.2. The zero-order valence-electron chi connectivity index (χ0n) is 14.8. The minimum Gasteiger partial charge on any atom is -0.373 e. The maximum absolute atomic E-state index is 12.4. The molecule has 26 heavy (non-hydrogen) atoms. The van der Waals surface area contributed by atoms with Crippen molar-refractivity contribution in [2.24, 2.45) is 0 Å². The Morgan fingerprint density at radius 2 is 1.85 bits per heavy atom. The number of ether oxygens (including phenoxy) is 1. The van der Waals surface area contributed by atoms with Gasteiger partial charge in [-0.25, -0.2) is 8.42 Å². The Morgan fingerprint density at radius 1 is 1.27 bits per heavy atom. The van der Waals surface area contributed by atoms with E-state index in [9.17, 15) is 23.3 Å². The number of benzene rings is 1. The largest absolute Gasteiger partial charge is 0.373 e. The van der Waals surface area contributed by atoms with Gasteiger partial charge in [0, 0.05) is 31.8 Å². The number of nitrogens with one attached hydrogen (secondary N) is 1. The van der Waals surface area contributed by atoms with E-state index in [-0.39, 0.29) is 42.5 Å². The number of hydrogen-bond donors (Lipinski definition) is 1. The molecule has 0 spiro atoms. The molecule has 1 aromatic carbocycles. The predicted octanol–water partition coefficient (Wildman–Crippen LogP) is 0.693. The van der Waals surface area contributed by atoms with Gasteiger partial charge in [0.05, 0.1) is 29.3 Å². The molecular formula is C16H23N3O6S. The van der Waals surface area contributed by atoms with Crippen LogP contribution in [0.15, 0.2) is 24.3 Å². The predicted molar refractivity (Wildman–Crippen MR) is 95.2 cm³/mol. The van der Waals surface area contributed by atoms with Crippen LogP contribution in [0.5, 0.6) is 0 Å². The maximum atomic E-state index is 12.4. The molecule has 1 saturated heterocycles. The molecule has 0 aliphatic carbocycles. The number of amides is 1. The molecule has 1 N–H and O–H groups in total. The summed E-state index contributed by atoms with van der Waals surface area (Å²) in [5.74, 6) is -0.518. The van der Waals surface area contributed by atoms with Crippen molar-refractivity contribution in [3.8, 4) is 0 Å². The number of carbonyl (C=O) groups is 1. The highest BCUT2D eigenvalue weighted by atomic mass is 32.2. The van der Waals surface area contributed by atoms with Crippen LogP contribution >= 0.6 is 0 Å². The van der Waals surface area contributed by atoms with Crippen molar-refractivity contribution in [2.45, 2.75) is 32.5 Å². The van der Waals surface area contributed by atoms with Gasteiger partial charge in [-0.2, -0.15) is 4.31 Å². The fourth-order valence-electron chi connectivity index (χ4n) is 2.79. The fourth-order valence-corrected chi connectivity index (χ4v) is 4.28. The highest BCUT2D eigenvalue weighted by Gasteiger charge is 2.30. The Morgan fingerprint density at radius 3 is 2.38 bits per heavy atom. The van der Waals surface area contributed by atoms with E-state index in [1.54, 1.807) is 0 Å². The second-order valence-electron chi connectivity index (χ2n) is 6.34. The average Bonchev–Trinajstić information content (AvgIpc) is 2.54. The molecule has 144 valence electrons. The van der Waals surface area contributed by atoms with Crippen LogP contribution in [-0.2, 0) is 26.0 Å². The normalized spacial score (nSPS) is 21.3. The highest BCUT2D eigenvalue weighted by Crippen LogP contribution is 2.15. The van der Waals surface area contributed by atoms with Crippen molar-refractivity contribution < 1.29 is 22.9 Å². The van der Waals surface area contributed by atoms with E-state index in [4.69, 9.17) is 4.74 Å². The van der Waals surface area contributed by atoms with Gasteiger partial charge in [-0.15, -0.1) is 0 Å². The van der Waals surface area contributed by atoms with Gasteiger partial charge in [-0.3, -0.25) is 14.9 Å². The van der Waals surface area contributed by atoms with Crippen molar-refractivity contribution in [1.29, 1.82) is 0 Å². The van der Waals surface area contributed by atoms with Crippen LogP contribution in [0.3, 0.4) is 0 Å². The molecule has 0 radical (unpaired) electrons. The third-order valence-corrected chi connectivity index (χ3v) is 5.78. The first-order valence-corrected chi connectivity index (χ1v) is 9.91. The molecule has 1 heterocycles. The number of carbonyl (C=O) groups excluding carboxylic acids is 1. The molecule has 0 aromatic heterocycles. The maximum Gasteiger partial charge on any atom is 0.269 e. The van der Waals surface area contributed by atoms with Gasteiger partial charge in [0.1, 0.15) is 0 Å². The van der Waals surface area contributed by atoms with Gasteiger partial charge in [0.2, 0.25) is 15.9 Å². The van der Waals surface area contributed by atoms with Crippen LogP contribution in [0.2, 0.25) is 0 Å². The lowest BCUT2D eigenvalue weighted by molar-refractivity contribution is -0.384. The molecule has 1 amide bonds. The highest BCUT2D eigenvalue weighted by molar-refractivity contribution is 7.89. The molecule has 0 unspecified atom stereocenters. The van der Waals surface area contributed by atoms with E-state index in [1.807, 2.05) is 13.8 Å². The standard InChI is InChI=1S/C16H23N3O6S/c1-12-10-18(11-13(2)25-12)26(23,24)8-7-17-16(20)9-14-3-5-15(6-4-14)19(21)22/h3-6,12-13H,7-11H2,1-2H3,(H,17,20)/t12-,13-/m1/s1. The quantitative estimate of drug-likeness (QED) is 0.545. The SMILES string of the molecule is C[C@@H]1CN(S(=O)(=O)CCNC(=O)Cc2ccc([N+](=O)[O-])cc2)C[C@@H](C)O1. The molecule has 9 nitrogen and oxygen atoms in total. The number of nitro groups is 1. The lowest BCUT2D eigenvalue weighted by Crippen LogP contribution is -2.49. The molecule has 1 aromatic rings. The Hall–Kier alpha value is -2.04. The van der Waals surface area contributed by atoms with Crippen LogP contribution in [0.4, 0.5) is 5.69 Å². The van der Waals surface area contributed by atoms with Gasteiger partial charge < -0.3 is 10.1 Å². The summed E-state index contributed by atoms with van der Waals surface area (Å²) in [7, 11) is -3.47. The summed E-state index contributed by atoms with van der Waals surface area (Å²) in [6, 6.07) is 5.66. The molecule has 2 atom stereocenters. The molecule has 2 rings (SSSR count). The van der Waals surface area contributed by atoms with Gasteiger partial charge >= 0.3 is 0 Å². The molecule has 1 aliphatic rings. The number of nitro benzene ring substituents is 1. The Labute approximate surface area is 152 Å². The number of sulfonamides is 1. The molecule has 10 heteroatoms. The van der Waals surface area contributed by atoms with Crippen molar-refractivity contribution >= 4 is 21.6 Å². The van der Waals surface area contributed by atoms with E-state index in [0.717, 1.165) is 0 Å². The number of hydrogen-bond acceptors (Lipinski definition) is 6. The van der Waals surface area contributed by atoms with E-state index >= 15 is 0 Å². The first kappa shape index (κ1) is 20.3. The van der Waals surface area contributed by atoms with Crippen molar-refractivity contribution in [3.05, 3.63) is 39.9 Å². The van der Waals surface area contributed by atoms with Gasteiger partial charge in [-0.1, -0.05) is 12.1 Å². The van der Waals surface area contributed by atoms with Crippen LogP contribution in [0, 0.1) is 10.1 Å². The van der Waals surface area contributed by atoms with Gasteiger partial charge in [0.15, 0.2) is 0 Å². The zero-order valence-corrected chi connectivity index (χ0v) is 15.6. The second-order valence-corrected chi connectivity index (χ2v) is 8.43. The number of nitrogens with zero attached hydrogens (tertiary/aromatic N) is 2. The lowest BCUT2D eigenvalue weighted by atomic mass is 10.1. The smallest absolute Gasteiger partial charge is 0.269 e. The van der Waals surface area contributed by atoms with Gasteiger partial charge in [0.25, 0.3) is 5.69 Å². The summed E-state index contributed by atoms with van der Waals surface area (Å²) in [5.41, 5.74) is 0.570. The number of morpholine rings is 1. The fraction of sp³-hybridized carbons (Fsp3) is 0.562. The number of non-ortho nitro benzene ring substituents is 1. The van der Waals surface area contributed by atoms with E-state index in [1.165, 1.54) is 28.6 Å². The zero-order chi connectivity index (χ0) is 19.3. The van der Waals surface area contributed by atoms with Crippen LogP contribution in [-0.4, -0.2) is 61.1 Å². The first-order valence-electron chi connectivity index (χ1n) is 8.30. The third kappa shape index (κ3) is 5.75. The Bertz CT molecular complexity index is 740. The second kappa shape index (κ2) is 8.56. The summed E-state index contributed by atoms with van der Waals surface area (Å²) >= 11 is 0. The van der Waals surface area contributed by atoms with Crippen LogP contribution in [0.25, 0.3) is 0 Å². The Balaban J connectivity index is 1.81. The summed E-state index contributed by atoms with van der Waals surface area (Å²) in [5, 5.41) is 13.2. The summed E-state index contributed by atoms with van der Waals surface area (Å²) in [6.45, 7) is 4.27. The van der Waals surface area contributed by atoms with E-state index < -0.39 is 14.9 Å². The molecule has 0 saturated carbocycles. The molecular weight excluding hydrogens is 362 g/mol. The van der Waals surface area contributed by atoms with E-state index in [2.05, 4.69) is 5.32 Å². The topological polar surface area (TPSA) is 119 Å².